The predicted octanol–water partition coefficient (Wildman–Crippen LogP) is 1.99. The van der Waals surface area contributed by atoms with Crippen molar-refractivity contribution in [1.29, 1.82) is 0 Å². The molecule has 0 bridgehead atoms. The molecule has 0 aliphatic rings. The SMILES string of the molecule is CCO[Si](CCS(=O)(=O)[Si](OCC)(OCC)OCC)(OCC)OCC. The molecule has 0 fully saturated rings. The Hall–Kier alpha value is 0.144. The van der Waals surface area contributed by atoms with Gasteiger partial charge in [0.1, 0.15) is 0 Å². The molecule has 11 heteroatoms. The van der Waals surface area contributed by atoms with Gasteiger partial charge in [-0.05, 0) is 41.5 Å². The van der Waals surface area contributed by atoms with Crippen molar-refractivity contribution < 1.29 is 35.0 Å². The van der Waals surface area contributed by atoms with E-state index in [0.717, 1.165) is 0 Å². The summed E-state index contributed by atoms with van der Waals surface area (Å²) < 4.78 is 59.8. The van der Waals surface area contributed by atoms with Gasteiger partial charge in [0.2, 0.25) is 9.29 Å². The fourth-order valence-electron chi connectivity index (χ4n) is 2.31. The van der Waals surface area contributed by atoms with Crippen molar-refractivity contribution in [2.45, 2.75) is 47.6 Å². The third-order valence-corrected chi connectivity index (χ3v) is 13.9. The van der Waals surface area contributed by atoms with Crippen LogP contribution in [-0.2, 0) is 35.8 Å². The van der Waals surface area contributed by atoms with Crippen LogP contribution in [0.25, 0.3) is 0 Å². The molecule has 0 atom stereocenters. The molecule has 0 aromatic heterocycles. The zero-order chi connectivity index (χ0) is 19.4. The van der Waals surface area contributed by atoms with Crippen LogP contribution in [0.15, 0.2) is 0 Å². The van der Waals surface area contributed by atoms with Crippen LogP contribution in [0.1, 0.15) is 41.5 Å². The van der Waals surface area contributed by atoms with Crippen molar-refractivity contribution in [3.63, 3.8) is 0 Å². The first kappa shape index (κ1) is 25.1. The Morgan fingerprint density at radius 1 is 0.600 bits per heavy atom. The minimum atomic E-state index is -3.86. The summed E-state index contributed by atoms with van der Waals surface area (Å²) in [6, 6.07) is 0.132. The Morgan fingerprint density at radius 3 is 1.20 bits per heavy atom. The molecule has 0 radical (unpaired) electrons. The summed E-state index contributed by atoms with van der Waals surface area (Å²) in [6.07, 6.45) is 0. The highest BCUT2D eigenvalue weighted by molar-refractivity contribution is 8.19. The van der Waals surface area contributed by atoms with Gasteiger partial charge in [0.05, 0.1) is 5.75 Å². The lowest BCUT2D eigenvalue weighted by Gasteiger charge is -2.31. The fourth-order valence-corrected chi connectivity index (χ4v) is 12.8. The lowest BCUT2D eigenvalue weighted by molar-refractivity contribution is 0.0726. The average Bonchev–Trinajstić information content (AvgIpc) is 2.54. The molecule has 0 rings (SSSR count). The Balaban J connectivity index is 5.50. The Bertz CT molecular complexity index is 412. The highest BCUT2D eigenvalue weighted by Gasteiger charge is 2.57. The van der Waals surface area contributed by atoms with Crippen LogP contribution in [0.5, 0.6) is 0 Å². The molecule has 0 unspecified atom stereocenters. The average molecular weight is 419 g/mol. The van der Waals surface area contributed by atoms with E-state index < -0.39 is 26.0 Å². The smallest absolute Gasteiger partial charge is 0.374 e. The van der Waals surface area contributed by atoms with E-state index in [9.17, 15) is 8.42 Å². The number of rotatable bonds is 16. The summed E-state index contributed by atoms with van der Waals surface area (Å²) in [6.45, 7) is 12.4. The van der Waals surface area contributed by atoms with Crippen LogP contribution in [0, 0.1) is 0 Å². The minimum absolute atomic E-state index is 0.132. The predicted molar refractivity (Wildman–Crippen MR) is 99.9 cm³/mol. The molecular weight excluding hydrogens is 384 g/mol. The highest BCUT2D eigenvalue weighted by Crippen LogP contribution is 2.24. The molecule has 0 aliphatic carbocycles. The monoisotopic (exact) mass is 418 g/mol. The van der Waals surface area contributed by atoms with Crippen molar-refractivity contribution in [3.8, 4) is 0 Å². The van der Waals surface area contributed by atoms with E-state index in [-0.39, 0.29) is 31.6 Å². The molecular formula is C14H34O8SSi2. The Morgan fingerprint density at radius 2 is 0.920 bits per heavy atom. The second kappa shape index (κ2) is 12.5. The normalized spacial score (nSPS) is 13.4. The van der Waals surface area contributed by atoms with E-state index in [1.807, 2.05) is 20.8 Å². The lowest BCUT2D eigenvalue weighted by Crippen LogP contribution is -2.56. The summed E-state index contributed by atoms with van der Waals surface area (Å²) in [7, 11) is -10.7. The van der Waals surface area contributed by atoms with Gasteiger partial charge in [-0.1, -0.05) is 0 Å². The van der Waals surface area contributed by atoms with E-state index in [1.165, 1.54) is 0 Å². The van der Waals surface area contributed by atoms with Gasteiger partial charge in [-0.15, -0.1) is 0 Å². The van der Waals surface area contributed by atoms with Crippen molar-refractivity contribution in [2.75, 3.05) is 45.4 Å². The molecule has 0 N–H and O–H groups in total. The van der Waals surface area contributed by atoms with Gasteiger partial charge in [-0.2, -0.15) is 0 Å². The zero-order valence-corrected chi connectivity index (χ0v) is 19.1. The summed E-state index contributed by atoms with van der Waals surface area (Å²) in [4.78, 5) is 0. The van der Waals surface area contributed by atoms with Gasteiger partial charge in [0.15, 0.2) is 0 Å². The van der Waals surface area contributed by atoms with Crippen molar-refractivity contribution in [2.24, 2.45) is 0 Å². The molecule has 152 valence electrons. The largest absolute Gasteiger partial charge is 0.634 e. The number of hydrogen-bond acceptors (Lipinski definition) is 8. The summed E-state index contributed by atoms with van der Waals surface area (Å²) >= 11 is 0. The second-order valence-electron chi connectivity index (χ2n) is 4.85. The van der Waals surface area contributed by atoms with E-state index in [4.69, 9.17) is 26.6 Å². The topological polar surface area (TPSA) is 89.5 Å². The maximum atomic E-state index is 13.0. The zero-order valence-electron chi connectivity index (χ0n) is 16.3. The molecule has 0 saturated carbocycles. The van der Waals surface area contributed by atoms with Gasteiger partial charge < -0.3 is 26.6 Å². The van der Waals surface area contributed by atoms with Gasteiger partial charge in [-0.25, -0.2) is 8.42 Å². The van der Waals surface area contributed by atoms with Crippen LogP contribution in [-0.4, -0.2) is 70.6 Å². The summed E-state index contributed by atoms with van der Waals surface area (Å²) in [5.41, 5.74) is 0. The van der Waals surface area contributed by atoms with Gasteiger partial charge in [-0.3, -0.25) is 0 Å². The Labute approximate surface area is 154 Å². The van der Waals surface area contributed by atoms with Crippen LogP contribution in [0.4, 0.5) is 0 Å². The number of hydrogen-bond donors (Lipinski definition) is 0. The third-order valence-electron chi connectivity index (χ3n) is 3.11. The third kappa shape index (κ3) is 7.35. The van der Waals surface area contributed by atoms with Crippen LogP contribution in [0.2, 0.25) is 6.04 Å². The first-order valence-corrected chi connectivity index (χ1v) is 14.9. The van der Waals surface area contributed by atoms with Gasteiger partial charge in [0, 0.05) is 45.7 Å². The van der Waals surface area contributed by atoms with E-state index in [2.05, 4.69) is 0 Å². The maximum absolute atomic E-state index is 13.0. The van der Waals surface area contributed by atoms with Crippen LogP contribution in [0.3, 0.4) is 0 Å². The summed E-state index contributed by atoms with van der Waals surface area (Å²) in [5.74, 6) is -0.231. The second-order valence-corrected chi connectivity index (χ2v) is 14.5. The molecule has 0 aromatic rings. The maximum Gasteiger partial charge on any atom is 0.634 e. The molecule has 0 aromatic carbocycles. The minimum Gasteiger partial charge on any atom is -0.374 e. The van der Waals surface area contributed by atoms with Crippen LogP contribution < -0.4 is 0 Å². The van der Waals surface area contributed by atoms with Crippen molar-refractivity contribution >= 4 is 26.0 Å². The lowest BCUT2D eigenvalue weighted by atomic mass is 10.9. The molecule has 25 heavy (non-hydrogen) atoms. The van der Waals surface area contributed by atoms with E-state index in [1.54, 1.807) is 20.8 Å². The van der Waals surface area contributed by atoms with Crippen LogP contribution >= 0.6 is 0 Å². The first-order chi connectivity index (χ1) is 11.8. The summed E-state index contributed by atoms with van der Waals surface area (Å²) in [5, 5.41) is 0. The molecule has 0 heterocycles. The molecule has 0 saturated heterocycles. The molecule has 0 spiro atoms. The highest BCUT2D eigenvalue weighted by atomic mass is 32.4. The standard InChI is InChI=1S/C14H34O8SSi2/c1-7-17-24(18-8-2,19-9-3)14-13-23(15,16)25(20-10-4,21-11-5)22-12-6/h7-14H2,1-6H3. The molecule has 8 nitrogen and oxygen atoms in total. The Kier molecular flexibility index (Phi) is 12.6. The molecule has 0 aliphatic heterocycles. The van der Waals surface area contributed by atoms with Gasteiger partial charge >= 0.3 is 16.8 Å². The van der Waals surface area contributed by atoms with Gasteiger partial charge in [0.25, 0.3) is 0 Å². The quantitative estimate of drug-likeness (QED) is 0.352. The molecule has 0 amide bonds. The van der Waals surface area contributed by atoms with E-state index >= 15 is 0 Å². The van der Waals surface area contributed by atoms with E-state index in [0.29, 0.717) is 19.8 Å². The first-order valence-electron chi connectivity index (χ1n) is 8.88. The van der Waals surface area contributed by atoms with Crippen molar-refractivity contribution in [3.05, 3.63) is 0 Å². The fraction of sp³-hybridized carbons (Fsp3) is 1.00. The van der Waals surface area contributed by atoms with Crippen molar-refractivity contribution in [1.82, 2.24) is 0 Å².